The third-order valence-corrected chi connectivity index (χ3v) is 2.95. The van der Waals surface area contributed by atoms with Gasteiger partial charge in [-0.15, -0.1) is 0 Å². The van der Waals surface area contributed by atoms with E-state index in [0.717, 1.165) is 25.4 Å². The molecule has 1 heterocycles. The van der Waals surface area contributed by atoms with Gasteiger partial charge in [0.05, 0.1) is 6.20 Å². The Morgan fingerprint density at radius 3 is 2.61 bits per heavy atom. The van der Waals surface area contributed by atoms with Crippen molar-refractivity contribution in [3.05, 3.63) is 18.0 Å². The SMILES string of the molecule is CC(C)CC(CN(C)C)NCCc1cnn(C)c1. The average Bonchev–Trinajstić information content (AvgIpc) is 2.62. The molecule has 104 valence electrons. The zero-order valence-corrected chi connectivity index (χ0v) is 12.5. The van der Waals surface area contributed by atoms with Crippen LogP contribution in [0.2, 0.25) is 0 Å². The lowest BCUT2D eigenvalue weighted by Gasteiger charge is -2.24. The van der Waals surface area contributed by atoms with Crippen molar-refractivity contribution < 1.29 is 0 Å². The number of likely N-dealkylation sites (N-methyl/N-ethyl adjacent to an activating group) is 1. The second-order valence-corrected chi connectivity index (χ2v) is 5.82. The van der Waals surface area contributed by atoms with Gasteiger partial charge in [-0.05, 0) is 45.0 Å². The van der Waals surface area contributed by atoms with Gasteiger partial charge in [0.25, 0.3) is 0 Å². The summed E-state index contributed by atoms with van der Waals surface area (Å²) >= 11 is 0. The van der Waals surface area contributed by atoms with Gasteiger partial charge in [0.2, 0.25) is 0 Å². The molecule has 1 atom stereocenters. The number of hydrogen-bond acceptors (Lipinski definition) is 3. The molecule has 0 saturated heterocycles. The first kappa shape index (κ1) is 15.2. The Morgan fingerprint density at radius 1 is 1.39 bits per heavy atom. The van der Waals surface area contributed by atoms with Gasteiger partial charge in [-0.25, -0.2) is 0 Å². The van der Waals surface area contributed by atoms with Gasteiger partial charge in [-0.1, -0.05) is 13.8 Å². The highest BCUT2D eigenvalue weighted by Gasteiger charge is 2.11. The van der Waals surface area contributed by atoms with Crippen molar-refractivity contribution in [2.24, 2.45) is 13.0 Å². The summed E-state index contributed by atoms with van der Waals surface area (Å²) in [7, 11) is 6.23. The Labute approximate surface area is 111 Å². The van der Waals surface area contributed by atoms with Crippen molar-refractivity contribution in [3.63, 3.8) is 0 Å². The molecular formula is C14H28N4. The minimum atomic E-state index is 0.580. The molecule has 0 radical (unpaired) electrons. The molecule has 0 aliphatic rings. The van der Waals surface area contributed by atoms with Gasteiger partial charge >= 0.3 is 0 Å². The van der Waals surface area contributed by atoms with E-state index in [-0.39, 0.29) is 0 Å². The highest BCUT2D eigenvalue weighted by atomic mass is 15.2. The average molecular weight is 252 g/mol. The Hall–Kier alpha value is -0.870. The lowest BCUT2D eigenvalue weighted by atomic mass is 10.0. The predicted molar refractivity (Wildman–Crippen MR) is 76.7 cm³/mol. The van der Waals surface area contributed by atoms with Crippen molar-refractivity contribution in [1.82, 2.24) is 20.0 Å². The van der Waals surface area contributed by atoms with Gasteiger partial charge < -0.3 is 10.2 Å². The summed E-state index contributed by atoms with van der Waals surface area (Å²) in [5.74, 6) is 0.737. The van der Waals surface area contributed by atoms with Gasteiger partial charge in [-0.2, -0.15) is 5.10 Å². The van der Waals surface area contributed by atoms with Crippen molar-refractivity contribution in [2.45, 2.75) is 32.7 Å². The fourth-order valence-corrected chi connectivity index (χ4v) is 2.25. The normalized spacial score (nSPS) is 13.5. The first-order valence-electron chi connectivity index (χ1n) is 6.83. The maximum atomic E-state index is 4.19. The molecule has 18 heavy (non-hydrogen) atoms. The maximum absolute atomic E-state index is 4.19. The fourth-order valence-electron chi connectivity index (χ4n) is 2.25. The van der Waals surface area contributed by atoms with Crippen LogP contribution in [0.5, 0.6) is 0 Å². The third kappa shape index (κ3) is 6.17. The fraction of sp³-hybridized carbons (Fsp3) is 0.786. The van der Waals surface area contributed by atoms with Gasteiger partial charge in [0.1, 0.15) is 0 Å². The summed E-state index contributed by atoms with van der Waals surface area (Å²) in [4.78, 5) is 2.25. The van der Waals surface area contributed by atoms with E-state index in [1.807, 2.05) is 17.9 Å². The number of rotatable bonds is 8. The molecule has 0 aliphatic carbocycles. The van der Waals surface area contributed by atoms with E-state index in [2.05, 4.69) is 49.5 Å². The third-order valence-electron chi connectivity index (χ3n) is 2.95. The highest BCUT2D eigenvalue weighted by Crippen LogP contribution is 2.06. The van der Waals surface area contributed by atoms with E-state index < -0.39 is 0 Å². The molecule has 1 aromatic rings. The summed E-state index contributed by atoms with van der Waals surface area (Å²) in [5, 5.41) is 7.85. The largest absolute Gasteiger partial charge is 0.312 e. The number of nitrogens with zero attached hydrogens (tertiary/aromatic N) is 3. The molecule has 0 saturated carbocycles. The van der Waals surface area contributed by atoms with Gasteiger partial charge in [-0.3, -0.25) is 4.68 Å². The number of aryl methyl sites for hydroxylation is 1. The van der Waals surface area contributed by atoms with Crippen LogP contribution in [0.15, 0.2) is 12.4 Å². The van der Waals surface area contributed by atoms with Crippen LogP contribution in [0.3, 0.4) is 0 Å². The molecule has 0 spiro atoms. The zero-order valence-electron chi connectivity index (χ0n) is 12.5. The van der Waals surface area contributed by atoms with Crippen LogP contribution in [-0.4, -0.2) is 47.9 Å². The van der Waals surface area contributed by atoms with Crippen molar-refractivity contribution in [2.75, 3.05) is 27.2 Å². The standard InChI is InChI=1S/C14H28N4/c1-12(2)8-14(11-17(3)4)15-7-6-13-9-16-18(5)10-13/h9-10,12,14-15H,6-8,11H2,1-5H3. The summed E-state index contributed by atoms with van der Waals surface area (Å²) < 4.78 is 1.86. The summed E-state index contributed by atoms with van der Waals surface area (Å²) in [5.41, 5.74) is 1.30. The summed E-state index contributed by atoms with van der Waals surface area (Å²) in [6.45, 7) is 6.69. The van der Waals surface area contributed by atoms with Crippen molar-refractivity contribution in [1.29, 1.82) is 0 Å². The van der Waals surface area contributed by atoms with E-state index in [1.54, 1.807) is 0 Å². The van der Waals surface area contributed by atoms with E-state index in [0.29, 0.717) is 6.04 Å². The van der Waals surface area contributed by atoms with E-state index in [9.17, 15) is 0 Å². The quantitative estimate of drug-likeness (QED) is 0.761. The predicted octanol–water partition coefficient (Wildman–Crippen LogP) is 1.53. The second-order valence-electron chi connectivity index (χ2n) is 5.82. The Bertz CT molecular complexity index is 320. The molecule has 0 aliphatic heterocycles. The number of nitrogens with one attached hydrogen (secondary N) is 1. The van der Waals surface area contributed by atoms with Gasteiger partial charge in [0.15, 0.2) is 0 Å². The van der Waals surface area contributed by atoms with E-state index in [1.165, 1.54) is 12.0 Å². The molecule has 0 bridgehead atoms. The van der Waals surface area contributed by atoms with Crippen LogP contribution in [-0.2, 0) is 13.5 Å². The first-order chi connectivity index (χ1) is 8.47. The minimum Gasteiger partial charge on any atom is -0.312 e. The lowest BCUT2D eigenvalue weighted by molar-refractivity contribution is 0.307. The monoisotopic (exact) mass is 252 g/mol. The molecule has 1 rings (SSSR count). The number of aromatic nitrogens is 2. The summed E-state index contributed by atoms with van der Waals surface area (Å²) in [6.07, 6.45) is 6.32. The van der Waals surface area contributed by atoms with E-state index >= 15 is 0 Å². The molecule has 0 fully saturated rings. The molecule has 1 N–H and O–H groups in total. The molecule has 0 aromatic carbocycles. The number of hydrogen-bond donors (Lipinski definition) is 1. The molecule has 1 aromatic heterocycles. The maximum Gasteiger partial charge on any atom is 0.0522 e. The summed E-state index contributed by atoms with van der Waals surface area (Å²) in [6, 6.07) is 0.580. The van der Waals surface area contributed by atoms with Crippen LogP contribution >= 0.6 is 0 Å². The molecular weight excluding hydrogens is 224 g/mol. The topological polar surface area (TPSA) is 33.1 Å². The van der Waals surface area contributed by atoms with Gasteiger partial charge in [0, 0.05) is 25.8 Å². The second kappa shape index (κ2) is 7.54. The Balaban J connectivity index is 2.32. The minimum absolute atomic E-state index is 0.580. The lowest BCUT2D eigenvalue weighted by Crippen LogP contribution is -2.40. The van der Waals surface area contributed by atoms with Crippen molar-refractivity contribution in [3.8, 4) is 0 Å². The van der Waals surface area contributed by atoms with Crippen LogP contribution in [0, 0.1) is 5.92 Å². The van der Waals surface area contributed by atoms with Crippen molar-refractivity contribution >= 4 is 0 Å². The smallest absolute Gasteiger partial charge is 0.0522 e. The molecule has 4 heteroatoms. The molecule has 1 unspecified atom stereocenters. The Kier molecular flexibility index (Phi) is 6.36. The Morgan fingerprint density at radius 2 is 2.11 bits per heavy atom. The molecule has 4 nitrogen and oxygen atoms in total. The van der Waals surface area contributed by atoms with Crippen LogP contribution in [0.4, 0.5) is 0 Å². The van der Waals surface area contributed by atoms with E-state index in [4.69, 9.17) is 0 Å². The van der Waals surface area contributed by atoms with Crippen LogP contribution in [0.25, 0.3) is 0 Å². The zero-order chi connectivity index (χ0) is 13.5. The molecule has 0 amide bonds. The first-order valence-corrected chi connectivity index (χ1v) is 6.83. The van der Waals surface area contributed by atoms with Crippen LogP contribution < -0.4 is 5.32 Å². The highest BCUT2D eigenvalue weighted by molar-refractivity contribution is 5.03. The van der Waals surface area contributed by atoms with Crippen LogP contribution in [0.1, 0.15) is 25.8 Å².